The number of rotatable bonds is 6. The molecule has 0 spiro atoms. The van der Waals surface area contributed by atoms with Crippen molar-refractivity contribution in [2.45, 2.75) is 6.61 Å². The number of carbonyl (C=O) groups is 1. The highest BCUT2D eigenvalue weighted by molar-refractivity contribution is 6.01. The first-order valence-corrected chi connectivity index (χ1v) is 12.4. The van der Waals surface area contributed by atoms with Crippen molar-refractivity contribution in [2.24, 2.45) is 7.05 Å². The molecule has 0 aliphatic carbocycles. The summed E-state index contributed by atoms with van der Waals surface area (Å²) in [6, 6.07) is 9.00. The van der Waals surface area contributed by atoms with Crippen molar-refractivity contribution in [3.05, 3.63) is 72.6 Å². The van der Waals surface area contributed by atoms with Gasteiger partial charge < -0.3 is 25.8 Å². The van der Waals surface area contributed by atoms with Gasteiger partial charge in [-0.15, -0.1) is 0 Å². The molecule has 4 N–H and O–H groups in total. The summed E-state index contributed by atoms with van der Waals surface area (Å²) >= 11 is 0. The first-order valence-electron chi connectivity index (χ1n) is 12.4. The third-order valence-electron chi connectivity index (χ3n) is 6.62. The number of hydrogen-bond donors (Lipinski definition) is 2. The van der Waals surface area contributed by atoms with Gasteiger partial charge in [-0.05, 0) is 24.3 Å². The zero-order chi connectivity index (χ0) is 26.9. The highest BCUT2D eigenvalue weighted by atomic mass is 16.5. The number of anilines is 2. The molecular formula is C27H27N9O3. The second-order valence-electron chi connectivity index (χ2n) is 9.24. The van der Waals surface area contributed by atoms with Gasteiger partial charge in [-0.25, -0.2) is 9.97 Å². The molecule has 6 rings (SSSR count). The van der Waals surface area contributed by atoms with Crippen LogP contribution in [-0.2, 0) is 18.4 Å². The molecule has 198 valence electrons. The Morgan fingerprint density at radius 1 is 1.10 bits per heavy atom. The molecule has 0 atom stereocenters. The number of morpholine rings is 1. The summed E-state index contributed by atoms with van der Waals surface area (Å²) in [5, 5.41) is 5.25. The number of hydrogen-bond acceptors (Lipinski definition) is 9. The molecule has 5 aromatic rings. The lowest BCUT2D eigenvalue weighted by molar-refractivity contribution is 0.0303. The number of aryl methyl sites for hydroxylation is 1. The first kappa shape index (κ1) is 24.4. The summed E-state index contributed by atoms with van der Waals surface area (Å²) in [6.45, 7) is 2.42. The monoisotopic (exact) mass is 525 g/mol. The Balaban J connectivity index is 1.24. The molecule has 0 saturated carbocycles. The van der Waals surface area contributed by atoms with Crippen LogP contribution >= 0.6 is 0 Å². The zero-order valence-corrected chi connectivity index (χ0v) is 21.3. The Hall–Kier alpha value is -4.97. The van der Waals surface area contributed by atoms with Gasteiger partial charge in [0.05, 0.1) is 41.7 Å². The highest BCUT2D eigenvalue weighted by Crippen LogP contribution is 2.33. The number of fused-ring (bicyclic) bond motifs is 1. The Morgan fingerprint density at radius 2 is 1.95 bits per heavy atom. The second kappa shape index (κ2) is 10.1. The Labute approximate surface area is 223 Å². The van der Waals surface area contributed by atoms with E-state index in [1.54, 1.807) is 40.2 Å². The normalized spacial score (nSPS) is 13.6. The van der Waals surface area contributed by atoms with Crippen molar-refractivity contribution in [2.75, 3.05) is 37.8 Å². The summed E-state index contributed by atoms with van der Waals surface area (Å²) < 4.78 is 15.0. The van der Waals surface area contributed by atoms with Gasteiger partial charge in [0.2, 0.25) is 0 Å². The van der Waals surface area contributed by atoms with E-state index in [9.17, 15) is 4.79 Å². The van der Waals surface area contributed by atoms with Crippen LogP contribution in [0.3, 0.4) is 0 Å². The van der Waals surface area contributed by atoms with Gasteiger partial charge in [0.1, 0.15) is 24.5 Å². The summed E-state index contributed by atoms with van der Waals surface area (Å²) in [5.41, 5.74) is 17.1. The van der Waals surface area contributed by atoms with Crippen molar-refractivity contribution < 1.29 is 14.3 Å². The van der Waals surface area contributed by atoms with E-state index in [0.717, 1.165) is 27.9 Å². The lowest BCUT2D eigenvalue weighted by Crippen LogP contribution is -2.40. The molecule has 12 nitrogen and oxygen atoms in total. The molecule has 1 aliphatic rings. The fraction of sp³-hybridized carbons (Fsp3) is 0.222. The minimum Gasteiger partial charge on any atom is -0.489 e. The maximum absolute atomic E-state index is 12.8. The van der Waals surface area contributed by atoms with E-state index in [1.165, 1.54) is 6.33 Å². The number of aromatic nitrogens is 6. The zero-order valence-electron chi connectivity index (χ0n) is 21.3. The maximum atomic E-state index is 12.8. The number of amides is 1. The predicted octanol–water partition coefficient (Wildman–Crippen LogP) is 2.43. The van der Waals surface area contributed by atoms with Crippen LogP contribution < -0.4 is 16.2 Å². The van der Waals surface area contributed by atoms with E-state index in [2.05, 4.69) is 20.1 Å². The summed E-state index contributed by atoms with van der Waals surface area (Å²) in [5.74, 6) is 0.827. The number of carbonyl (C=O) groups excluding carboxylic acids is 1. The number of nitrogens with zero attached hydrogens (tertiary/aromatic N) is 7. The van der Waals surface area contributed by atoms with E-state index >= 15 is 0 Å². The van der Waals surface area contributed by atoms with Gasteiger partial charge in [0.15, 0.2) is 5.65 Å². The molecule has 39 heavy (non-hydrogen) atoms. The van der Waals surface area contributed by atoms with Crippen LogP contribution in [0.2, 0.25) is 0 Å². The molecular weight excluding hydrogens is 498 g/mol. The van der Waals surface area contributed by atoms with E-state index in [0.29, 0.717) is 54.8 Å². The van der Waals surface area contributed by atoms with Crippen LogP contribution in [0.4, 0.5) is 11.5 Å². The van der Waals surface area contributed by atoms with Crippen LogP contribution in [-0.4, -0.2) is 66.4 Å². The first-order chi connectivity index (χ1) is 19.0. The van der Waals surface area contributed by atoms with Crippen molar-refractivity contribution in [1.82, 2.24) is 34.2 Å². The third-order valence-corrected chi connectivity index (χ3v) is 6.62. The Kier molecular flexibility index (Phi) is 6.29. The standard InChI is InChI=1S/C27H27N9O3/c1-34-5-4-23(33-34)21-14-36(26-24(21)25(29)31-16-32-26)18-10-17(12-30-13-18)15-39-19-2-3-20(22(28)11-19)27(37)35-6-8-38-9-7-35/h2-5,10-14,16H,6-9,15,28H2,1H3,(H2,29,31,32). The number of benzene rings is 1. The summed E-state index contributed by atoms with van der Waals surface area (Å²) in [7, 11) is 1.86. The lowest BCUT2D eigenvalue weighted by atomic mass is 10.1. The van der Waals surface area contributed by atoms with Crippen molar-refractivity contribution in [3.63, 3.8) is 0 Å². The number of nitrogen functional groups attached to an aromatic ring is 2. The number of nitrogens with two attached hydrogens (primary N) is 2. The molecule has 1 fully saturated rings. The van der Waals surface area contributed by atoms with Crippen molar-refractivity contribution in [1.29, 1.82) is 0 Å². The molecule has 0 bridgehead atoms. The maximum Gasteiger partial charge on any atom is 0.256 e. The predicted molar refractivity (Wildman–Crippen MR) is 145 cm³/mol. The molecule has 1 aliphatic heterocycles. The van der Waals surface area contributed by atoms with E-state index in [4.69, 9.17) is 20.9 Å². The van der Waals surface area contributed by atoms with E-state index < -0.39 is 0 Å². The second-order valence-corrected chi connectivity index (χ2v) is 9.24. The van der Waals surface area contributed by atoms with Crippen molar-refractivity contribution in [3.8, 4) is 22.7 Å². The fourth-order valence-electron chi connectivity index (χ4n) is 4.65. The smallest absolute Gasteiger partial charge is 0.256 e. The Morgan fingerprint density at radius 3 is 2.72 bits per heavy atom. The van der Waals surface area contributed by atoms with Crippen LogP contribution in [0, 0.1) is 0 Å². The van der Waals surface area contributed by atoms with Crippen LogP contribution in [0.1, 0.15) is 15.9 Å². The average molecular weight is 526 g/mol. The average Bonchev–Trinajstić information content (AvgIpc) is 3.57. The molecule has 12 heteroatoms. The number of ether oxygens (including phenoxy) is 2. The quantitative estimate of drug-likeness (QED) is 0.318. The topological polar surface area (TPSA) is 152 Å². The SMILES string of the molecule is Cn1ccc(-c2cn(-c3cncc(COc4ccc(C(=O)N5CCOCC5)c(N)c4)c3)c3ncnc(N)c23)n1. The van der Waals surface area contributed by atoms with Crippen molar-refractivity contribution >= 4 is 28.4 Å². The third kappa shape index (κ3) is 4.73. The molecule has 1 saturated heterocycles. The summed E-state index contributed by atoms with van der Waals surface area (Å²) in [6.07, 6.45) is 8.72. The molecule has 1 aromatic carbocycles. The molecule has 0 unspecified atom stereocenters. The molecule has 0 radical (unpaired) electrons. The van der Waals surface area contributed by atoms with Gasteiger partial charge >= 0.3 is 0 Å². The van der Waals surface area contributed by atoms with E-state index in [1.807, 2.05) is 36.1 Å². The van der Waals surface area contributed by atoms with Crippen LogP contribution in [0.15, 0.2) is 61.4 Å². The van der Waals surface area contributed by atoms with Crippen LogP contribution in [0.5, 0.6) is 5.75 Å². The lowest BCUT2D eigenvalue weighted by Gasteiger charge is -2.27. The van der Waals surface area contributed by atoms with E-state index in [-0.39, 0.29) is 12.5 Å². The van der Waals surface area contributed by atoms with Gasteiger partial charge in [-0.3, -0.25) is 19.0 Å². The largest absolute Gasteiger partial charge is 0.489 e. The Bertz CT molecular complexity index is 1670. The van der Waals surface area contributed by atoms with Gasteiger partial charge in [0.25, 0.3) is 5.91 Å². The summed E-state index contributed by atoms with van der Waals surface area (Å²) in [4.78, 5) is 27.6. The number of pyridine rings is 1. The molecule has 5 heterocycles. The van der Waals surface area contributed by atoms with Gasteiger partial charge in [-0.1, -0.05) is 0 Å². The molecule has 4 aromatic heterocycles. The van der Waals surface area contributed by atoms with Gasteiger partial charge in [-0.2, -0.15) is 5.10 Å². The van der Waals surface area contributed by atoms with Gasteiger partial charge in [0, 0.05) is 61.6 Å². The minimum absolute atomic E-state index is 0.104. The fourth-order valence-corrected chi connectivity index (χ4v) is 4.65. The highest BCUT2D eigenvalue weighted by Gasteiger charge is 2.21. The minimum atomic E-state index is -0.104. The van der Waals surface area contributed by atoms with Crippen LogP contribution in [0.25, 0.3) is 28.0 Å². The molecule has 1 amide bonds.